The van der Waals surface area contributed by atoms with Crippen LogP contribution >= 0.6 is 0 Å². The lowest BCUT2D eigenvalue weighted by Crippen LogP contribution is -2.29. The summed E-state index contributed by atoms with van der Waals surface area (Å²) in [7, 11) is -0.505. The largest absolute Gasteiger partial charge is 0.497 e. The third-order valence-corrected chi connectivity index (χ3v) is 5.66. The summed E-state index contributed by atoms with van der Waals surface area (Å²) in [5, 5.41) is 1.88. The first kappa shape index (κ1) is 18.4. The van der Waals surface area contributed by atoms with Gasteiger partial charge in [0, 0.05) is 13.7 Å². The Morgan fingerprint density at radius 2 is 1.69 bits per heavy atom. The van der Waals surface area contributed by atoms with Gasteiger partial charge in [0.1, 0.15) is 5.75 Å². The molecule has 1 atom stereocenters. The fourth-order valence-corrected chi connectivity index (χ4v) is 3.85. The number of hydrogen-bond acceptors (Lipinski definition) is 4. The zero-order valence-corrected chi connectivity index (χ0v) is 15.5. The van der Waals surface area contributed by atoms with Gasteiger partial charge in [0.2, 0.25) is 10.0 Å². The van der Waals surface area contributed by atoms with Crippen LogP contribution in [0.4, 0.5) is 0 Å². The van der Waals surface area contributed by atoms with Crippen molar-refractivity contribution >= 4 is 20.8 Å². The van der Waals surface area contributed by atoms with Crippen molar-refractivity contribution in [3.63, 3.8) is 0 Å². The second-order valence-electron chi connectivity index (χ2n) is 5.86. The molecule has 3 aromatic rings. The summed E-state index contributed by atoms with van der Waals surface area (Å²) in [4.78, 5) is 0.233. The molecule has 0 bridgehead atoms. The highest BCUT2D eigenvalue weighted by atomic mass is 32.2. The normalized spacial score (nSPS) is 12.8. The fourth-order valence-electron chi connectivity index (χ4n) is 2.78. The maximum absolute atomic E-state index is 12.7. The molecule has 0 radical (unpaired) electrons. The monoisotopic (exact) mass is 371 g/mol. The smallest absolute Gasteiger partial charge is 0.240 e. The molecule has 0 heterocycles. The molecule has 0 amide bonds. The lowest BCUT2D eigenvalue weighted by molar-refractivity contribution is 0.107. The standard InChI is InChI=1S/C20H21NO4S/c1-24-18-9-5-8-17(12-18)20(25-2)14-21-26(22,23)19-11-10-15-6-3-4-7-16(15)13-19/h3-13,20-21H,14H2,1-2H3. The van der Waals surface area contributed by atoms with Gasteiger partial charge >= 0.3 is 0 Å². The highest BCUT2D eigenvalue weighted by Gasteiger charge is 2.18. The van der Waals surface area contributed by atoms with Gasteiger partial charge in [0.05, 0.1) is 18.1 Å². The first-order valence-electron chi connectivity index (χ1n) is 8.19. The summed E-state index contributed by atoms with van der Waals surface area (Å²) in [6.45, 7) is 0.124. The van der Waals surface area contributed by atoms with Gasteiger partial charge in [0.25, 0.3) is 0 Å². The Balaban J connectivity index is 1.79. The molecule has 5 nitrogen and oxygen atoms in total. The Morgan fingerprint density at radius 3 is 2.42 bits per heavy atom. The molecule has 0 aliphatic heterocycles. The Bertz CT molecular complexity index is 1000. The van der Waals surface area contributed by atoms with Gasteiger partial charge in [0.15, 0.2) is 0 Å². The van der Waals surface area contributed by atoms with Crippen molar-refractivity contribution in [1.29, 1.82) is 0 Å². The lowest BCUT2D eigenvalue weighted by atomic mass is 10.1. The average molecular weight is 371 g/mol. The number of rotatable bonds is 7. The van der Waals surface area contributed by atoms with Gasteiger partial charge < -0.3 is 9.47 Å². The first-order valence-corrected chi connectivity index (χ1v) is 9.67. The number of sulfonamides is 1. The van der Waals surface area contributed by atoms with E-state index < -0.39 is 16.1 Å². The van der Waals surface area contributed by atoms with Crippen LogP contribution in [0.2, 0.25) is 0 Å². The predicted molar refractivity (Wildman–Crippen MR) is 102 cm³/mol. The van der Waals surface area contributed by atoms with E-state index >= 15 is 0 Å². The average Bonchev–Trinajstić information content (AvgIpc) is 2.68. The molecule has 0 spiro atoms. The van der Waals surface area contributed by atoms with Gasteiger partial charge in [-0.05, 0) is 40.6 Å². The summed E-state index contributed by atoms with van der Waals surface area (Å²) < 4.78 is 38.6. The summed E-state index contributed by atoms with van der Waals surface area (Å²) >= 11 is 0. The number of nitrogens with one attached hydrogen (secondary N) is 1. The van der Waals surface area contributed by atoms with Crippen molar-refractivity contribution in [3.8, 4) is 5.75 Å². The molecule has 0 fully saturated rings. The molecule has 1 N–H and O–H groups in total. The zero-order chi connectivity index (χ0) is 18.6. The lowest BCUT2D eigenvalue weighted by Gasteiger charge is -2.17. The number of ether oxygens (including phenoxy) is 2. The fraction of sp³-hybridized carbons (Fsp3) is 0.200. The summed E-state index contributed by atoms with van der Waals surface area (Å²) in [5.41, 5.74) is 0.841. The molecule has 0 aliphatic rings. The third-order valence-electron chi connectivity index (χ3n) is 4.24. The zero-order valence-electron chi connectivity index (χ0n) is 14.7. The van der Waals surface area contributed by atoms with Crippen LogP contribution in [-0.4, -0.2) is 29.2 Å². The van der Waals surface area contributed by atoms with E-state index in [1.54, 1.807) is 32.4 Å². The Morgan fingerprint density at radius 1 is 0.923 bits per heavy atom. The van der Waals surface area contributed by atoms with Crippen molar-refractivity contribution in [2.24, 2.45) is 0 Å². The topological polar surface area (TPSA) is 64.6 Å². The van der Waals surface area contributed by atoms with E-state index in [1.165, 1.54) is 0 Å². The molecule has 3 aromatic carbocycles. The minimum atomic E-state index is -3.64. The van der Waals surface area contributed by atoms with Crippen molar-refractivity contribution in [1.82, 2.24) is 4.72 Å². The Labute approximate surface area is 153 Å². The van der Waals surface area contributed by atoms with Crippen LogP contribution < -0.4 is 9.46 Å². The van der Waals surface area contributed by atoms with Gasteiger partial charge in [-0.25, -0.2) is 13.1 Å². The molecule has 6 heteroatoms. The van der Waals surface area contributed by atoms with Crippen molar-refractivity contribution < 1.29 is 17.9 Å². The van der Waals surface area contributed by atoms with Crippen molar-refractivity contribution in [2.45, 2.75) is 11.0 Å². The van der Waals surface area contributed by atoms with Gasteiger partial charge in [-0.2, -0.15) is 0 Å². The highest BCUT2D eigenvalue weighted by Crippen LogP contribution is 2.23. The quantitative estimate of drug-likeness (QED) is 0.690. The molecule has 0 aromatic heterocycles. The molecule has 3 rings (SSSR count). The van der Waals surface area contributed by atoms with E-state index in [0.29, 0.717) is 5.75 Å². The maximum Gasteiger partial charge on any atom is 0.240 e. The van der Waals surface area contributed by atoms with E-state index in [4.69, 9.17) is 9.47 Å². The first-order chi connectivity index (χ1) is 12.5. The second kappa shape index (κ2) is 7.86. The van der Waals surface area contributed by atoms with Crippen LogP contribution in [0.25, 0.3) is 10.8 Å². The van der Waals surface area contributed by atoms with E-state index in [9.17, 15) is 8.42 Å². The molecule has 0 saturated heterocycles. The van der Waals surface area contributed by atoms with Crippen LogP contribution in [0.15, 0.2) is 71.6 Å². The molecule has 1 unspecified atom stereocenters. The van der Waals surface area contributed by atoms with Crippen LogP contribution in [0.1, 0.15) is 11.7 Å². The van der Waals surface area contributed by atoms with Crippen LogP contribution in [0.3, 0.4) is 0 Å². The number of benzene rings is 3. The number of methoxy groups -OCH3 is 2. The molecule has 136 valence electrons. The van der Waals surface area contributed by atoms with E-state index in [2.05, 4.69) is 4.72 Å². The maximum atomic E-state index is 12.7. The Kier molecular flexibility index (Phi) is 5.56. The van der Waals surface area contributed by atoms with Gasteiger partial charge in [-0.15, -0.1) is 0 Å². The number of fused-ring (bicyclic) bond motifs is 1. The second-order valence-corrected chi connectivity index (χ2v) is 7.63. The third kappa shape index (κ3) is 4.04. The minimum Gasteiger partial charge on any atom is -0.497 e. The summed E-state index contributed by atoms with van der Waals surface area (Å²) in [5.74, 6) is 0.696. The SMILES string of the molecule is COc1cccc(C(CNS(=O)(=O)c2ccc3ccccc3c2)OC)c1. The molecule has 0 aliphatic carbocycles. The summed E-state index contributed by atoms with van der Waals surface area (Å²) in [6.07, 6.45) is -0.416. The van der Waals surface area contributed by atoms with Gasteiger partial charge in [-0.1, -0.05) is 42.5 Å². The molecule has 26 heavy (non-hydrogen) atoms. The highest BCUT2D eigenvalue weighted by molar-refractivity contribution is 7.89. The van der Waals surface area contributed by atoms with Crippen LogP contribution in [0.5, 0.6) is 5.75 Å². The molecule has 0 saturated carbocycles. The number of hydrogen-bond donors (Lipinski definition) is 1. The van der Waals surface area contributed by atoms with E-state index in [0.717, 1.165) is 16.3 Å². The molecular weight excluding hydrogens is 350 g/mol. The van der Waals surface area contributed by atoms with E-state index in [1.807, 2.05) is 48.5 Å². The van der Waals surface area contributed by atoms with Crippen LogP contribution in [-0.2, 0) is 14.8 Å². The van der Waals surface area contributed by atoms with E-state index in [-0.39, 0.29) is 11.4 Å². The van der Waals surface area contributed by atoms with Crippen molar-refractivity contribution in [3.05, 3.63) is 72.3 Å². The van der Waals surface area contributed by atoms with Gasteiger partial charge in [-0.3, -0.25) is 0 Å². The summed E-state index contributed by atoms with van der Waals surface area (Å²) in [6, 6.07) is 20.1. The van der Waals surface area contributed by atoms with Crippen LogP contribution in [0, 0.1) is 0 Å². The predicted octanol–water partition coefficient (Wildman–Crippen LogP) is 3.51. The minimum absolute atomic E-state index is 0.124. The molecular formula is C20H21NO4S. The Hall–Kier alpha value is -2.41. The van der Waals surface area contributed by atoms with Crippen molar-refractivity contribution in [2.75, 3.05) is 20.8 Å².